The second-order valence-corrected chi connectivity index (χ2v) is 2.93. The van der Waals surface area contributed by atoms with Crippen molar-refractivity contribution in [2.24, 2.45) is 0 Å². The van der Waals surface area contributed by atoms with Crippen LogP contribution in [0, 0.1) is 0 Å². The Kier molecular flexibility index (Phi) is 2.75. The maximum atomic E-state index is 5.31. The molecule has 1 heterocycles. The van der Waals surface area contributed by atoms with Crippen LogP contribution in [0.25, 0.3) is 0 Å². The lowest BCUT2D eigenvalue weighted by Gasteiger charge is -1.94. The van der Waals surface area contributed by atoms with Crippen molar-refractivity contribution in [3.63, 3.8) is 0 Å². The van der Waals surface area contributed by atoms with E-state index < -0.39 is 0 Å². The van der Waals surface area contributed by atoms with Gasteiger partial charge in [0.15, 0.2) is 5.06 Å². The van der Waals surface area contributed by atoms with Gasteiger partial charge in [0.2, 0.25) is 0 Å². The highest BCUT2D eigenvalue weighted by atomic mass is 32.1. The summed E-state index contributed by atoms with van der Waals surface area (Å²) in [7, 11) is 0. The number of hydrogen-bond acceptors (Lipinski definition) is 2. The number of rotatable bonds is 3. The molecule has 0 spiro atoms. The zero-order chi connectivity index (χ0) is 7.40. The molecule has 1 rings (SSSR count). The van der Waals surface area contributed by atoms with Crippen molar-refractivity contribution in [3.05, 3.63) is 17.0 Å². The molecule has 0 aromatic carbocycles. The highest BCUT2D eigenvalue weighted by Crippen LogP contribution is 2.22. The summed E-state index contributed by atoms with van der Waals surface area (Å²) >= 11 is 1.68. The molecule has 0 saturated heterocycles. The molecule has 0 fully saturated rings. The second-order valence-electron chi connectivity index (χ2n) is 2.06. The molecule has 0 unspecified atom stereocenters. The highest BCUT2D eigenvalue weighted by Gasteiger charge is 1.95. The second kappa shape index (κ2) is 3.62. The van der Waals surface area contributed by atoms with Crippen molar-refractivity contribution < 1.29 is 4.74 Å². The summed E-state index contributed by atoms with van der Waals surface area (Å²) in [5.74, 6) is 0. The van der Waals surface area contributed by atoms with Gasteiger partial charge in [-0.05, 0) is 30.4 Å². The van der Waals surface area contributed by atoms with Gasteiger partial charge in [0.05, 0.1) is 6.61 Å². The van der Waals surface area contributed by atoms with Gasteiger partial charge in [-0.1, -0.05) is 6.92 Å². The van der Waals surface area contributed by atoms with Crippen LogP contribution in [0.4, 0.5) is 0 Å². The van der Waals surface area contributed by atoms with Crippen LogP contribution < -0.4 is 4.74 Å². The normalized spacial score (nSPS) is 9.80. The highest BCUT2D eigenvalue weighted by molar-refractivity contribution is 7.12. The zero-order valence-electron chi connectivity index (χ0n) is 6.39. The fourth-order valence-electron chi connectivity index (χ4n) is 0.757. The maximum Gasteiger partial charge on any atom is 0.173 e. The van der Waals surface area contributed by atoms with Gasteiger partial charge in [0.25, 0.3) is 0 Å². The van der Waals surface area contributed by atoms with Crippen molar-refractivity contribution in [1.82, 2.24) is 0 Å². The first-order chi connectivity index (χ1) is 4.86. The topological polar surface area (TPSA) is 9.23 Å². The van der Waals surface area contributed by atoms with Crippen molar-refractivity contribution in [3.8, 4) is 5.06 Å². The Bertz CT molecular complexity index is 193. The first-order valence-electron chi connectivity index (χ1n) is 3.57. The van der Waals surface area contributed by atoms with E-state index in [0.717, 1.165) is 18.1 Å². The first-order valence-corrected chi connectivity index (χ1v) is 4.45. The van der Waals surface area contributed by atoms with Crippen LogP contribution >= 0.6 is 11.3 Å². The minimum atomic E-state index is 0.768. The molecule has 0 atom stereocenters. The molecule has 0 saturated carbocycles. The summed E-state index contributed by atoms with van der Waals surface area (Å²) in [6.45, 7) is 4.92. The van der Waals surface area contributed by atoms with E-state index in [1.54, 1.807) is 11.3 Å². The Morgan fingerprint density at radius 3 is 2.80 bits per heavy atom. The van der Waals surface area contributed by atoms with Crippen LogP contribution in [-0.4, -0.2) is 6.61 Å². The molecule has 0 N–H and O–H groups in total. The maximum absolute atomic E-state index is 5.31. The Labute approximate surface area is 65.6 Å². The Morgan fingerprint density at radius 1 is 1.50 bits per heavy atom. The number of ether oxygens (including phenoxy) is 1. The third-order valence-corrected chi connectivity index (χ3v) is 2.21. The lowest BCUT2D eigenvalue weighted by atomic mass is 10.3. The van der Waals surface area contributed by atoms with Gasteiger partial charge < -0.3 is 4.74 Å². The molecular formula is C8H12OS. The van der Waals surface area contributed by atoms with Crippen LogP contribution in [0.2, 0.25) is 0 Å². The lowest BCUT2D eigenvalue weighted by molar-refractivity contribution is 0.350. The summed E-state index contributed by atoms with van der Waals surface area (Å²) in [5, 5.41) is 3.18. The molecule has 0 aliphatic carbocycles. The third-order valence-electron chi connectivity index (χ3n) is 1.32. The molecule has 0 aliphatic rings. The van der Waals surface area contributed by atoms with E-state index in [-0.39, 0.29) is 0 Å². The average molecular weight is 156 g/mol. The van der Waals surface area contributed by atoms with Gasteiger partial charge in [0, 0.05) is 0 Å². The molecule has 0 bridgehead atoms. The largest absolute Gasteiger partial charge is 0.484 e. The van der Waals surface area contributed by atoms with Crippen LogP contribution in [0.1, 0.15) is 19.4 Å². The van der Waals surface area contributed by atoms with Crippen LogP contribution in [0.15, 0.2) is 11.4 Å². The van der Waals surface area contributed by atoms with E-state index in [1.807, 2.05) is 6.92 Å². The van der Waals surface area contributed by atoms with E-state index >= 15 is 0 Å². The van der Waals surface area contributed by atoms with Crippen LogP contribution in [0.3, 0.4) is 0 Å². The smallest absolute Gasteiger partial charge is 0.173 e. The minimum Gasteiger partial charge on any atom is -0.484 e. The van der Waals surface area contributed by atoms with Crippen molar-refractivity contribution in [2.45, 2.75) is 20.3 Å². The number of hydrogen-bond donors (Lipinski definition) is 0. The van der Waals surface area contributed by atoms with Crippen LogP contribution in [-0.2, 0) is 6.42 Å². The summed E-state index contributed by atoms with van der Waals surface area (Å²) in [6, 6.07) is 2.11. The third kappa shape index (κ3) is 1.74. The summed E-state index contributed by atoms with van der Waals surface area (Å²) < 4.78 is 5.31. The lowest BCUT2D eigenvalue weighted by Crippen LogP contribution is -1.87. The molecule has 1 aromatic rings. The summed E-state index contributed by atoms with van der Waals surface area (Å²) in [4.78, 5) is 0. The Hall–Kier alpha value is -0.500. The summed E-state index contributed by atoms with van der Waals surface area (Å²) in [6.07, 6.45) is 1.10. The van der Waals surface area contributed by atoms with Gasteiger partial charge in [0.1, 0.15) is 0 Å². The predicted molar refractivity (Wildman–Crippen MR) is 44.9 cm³/mol. The molecule has 1 nitrogen and oxygen atoms in total. The number of thiophene rings is 1. The van der Waals surface area contributed by atoms with E-state index in [2.05, 4.69) is 18.4 Å². The molecule has 0 aliphatic heterocycles. The van der Waals surface area contributed by atoms with Crippen molar-refractivity contribution in [2.75, 3.05) is 6.61 Å². The van der Waals surface area contributed by atoms with E-state index in [9.17, 15) is 0 Å². The van der Waals surface area contributed by atoms with Gasteiger partial charge in [-0.25, -0.2) is 0 Å². The molecule has 0 amide bonds. The van der Waals surface area contributed by atoms with Gasteiger partial charge in [-0.2, -0.15) is 0 Å². The van der Waals surface area contributed by atoms with Crippen molar-refractivity contribution in [1.29, 1.82) is 0 Å². The molecule has 0 radical (unpaired) electrons. The predicted octanol–water partition coefficient (Wildman–Crippen LogP) is 2.71. The molecule has 2 heteroatoms. The number of aryl methyl sites for hydroxylation is 1. The van der Waals surface area contributed by atoms with Crippen molar-refractivity contribution >= 4 is 11.3 Å². The first kappa shape index (κ1) is 7.61. The Morgan fingerprint density at radius 2 is 2.30 bits per heavy atom. The van der Waals surface area contributed by atoms with Crippen LogP contribution in [0.5, 0.6) is 5.06 Å². The van der Waals surface area contributed by atoms with Gasteiger partial charge >= 0.3 is 0 Å². The molecule has 1 aromatic heterocycles. The summed E-state index contributed by atoms with van der Waals surface area (Å²) in [5.41, 5.74) is 1.37. The molecule has 56 valence electrons. The quantitative estimate of drug-likeness (QED) is 0.653. The fraction of sp³-hybridized carbons (Fsp3) is 0.500. The fourth-order valence-corrected chi connectivity index (χ4v) is 1.66. The van der Waals surface area contributed by atoms with E-state index in [4.69, 9.17) is 4.74 Å². The zero-order valence-corrected chi connectivity index (χ0v) is 7.20. The van der Waals surface area contributed by atoms with E-state index in [1.165, 1.54) is 5.56 Å². The molecular weight excluding hydrogens is 144 g/mol. The molecule has 10 heavy (non-hydrogen) atoms. The minimum absolute atomic E-state index is 0.768. The monoisotopic (exact) mass is 156 g/mol. The Balaban J connectivity index is 2.59. The SMILES string of the molecule is CCOc1cc(CC)cs1. The average Bonchev–Trinajstić information content (AvgIpc) is 2.37. The van der Waals surface area contributed by atoms with Gasteiger partial charge in [-0.3, -0.25) is 0 Å². The van der Waals surface area contributed by atoms with E-state index in [0.29, 0.717) is 0 Å². The van der Waals surface area contributed by atoms with Gasteiger partial charge in [-0.15, -0.1) is 11.3 Å². The standard InChI is InChI=1S/C8H12OS/c1-3-7-5-8(9-4-2)10-6-7/h5-6H,3-4H2,1-2H3.